The van der Waals surface area contributed by atoms with Crippen LogP contribution in [0.5, 0.6) is 0 Å². The van der Waals surface area contributed by atoms with Gasteiger partial charge in [0.2, 0.25) is 5.95 Å². The molecular weight excluding hydrogens is 456 g/mol. The van der Waals surface area contributed by atoms with Crippen molar-refractivity contribution >= 4 is 34.5 Å². The molecule has 36 heavy (non-hydrogen) atoms. The first kappa shape index (κ1) is 22.5. The van der Waals surface area contributed by atoms with E-state index in [0.717, 1.165) is 53.5 Å². The van der Waals surface area contributed by atoms with E-state index in [4.69, 9.17) is 19.4 Å². The van der Waals surface area contributed by atoms with E-state index in [1.54, 1.807) is 12.1 Å². The lowest BCUT2D eigenvalue weighted by molar-refractivity contribution is 0.0600. The van der Waals surface area contributed by atoms with Gasteiger partial charge in [-0.1, -0.05) is 6.07 Å². The number of carbonyl (C=O) groups is 1. The minimum atomic E-state index is -0.364. The van der Waals surface area contributed by atoms with Crippen molar-refractivity contribution in [2.24, 2.45) is 5.92 Å². The fourth-order valence-corrected chi connectivity index (χ4v) is 4.45. The Hall–Kier alpha value is -3.98. The number of esters is 1. The van der Waals surface area contributed by atoms with E-state index < -0.39 is 0 Å². The van der Waals surface area contributed by atoms with Crippen LogP contribution in [0.1, 0.15) is 23.2 Å². The van der Waals surface area contributed by atoms with Crippen molar-refractivity contribution in [1.82, 2.24) is 19.5 Å². The number of anilines is 3. The number of ether oxygens (including phenoxy) is 2. The zero-order valence-electron chi connectivity index (χ0n) is 20.2. The lowest BCUT2D eigenvalue weighted by Gasteiger charge is -2.27. The van der Waals surface area contributed by atoms with Crippen LogP contribution in [0.2, 0.25) is 0 Å². The van der Waals surface area contributed by atoms with Crippen molar-refractivity contribution in [1.29, 1.82) is 0 Å². The Morgan fingerprint density at radius 2 is 1.89 bits per heavy atom. The molecule has 1 saturated carbocycles. The highest BCUT2D eigenvalue weighted by Crippen LogP contribution is 2.33. The van der Waals surface area contributed by atoms with Gasteiger partial charge in [0.05, 0.1) is 48.9 Å². The second-order valence-corrected chi connectivity index (χ2v) is 9.28. The van der Waals surface area contributed by atoms with Crippen LogP contribution >= 0.6 is 0 Å². The third-order valence-corrected chi connectivity index (χ3v) is 6.66. The number of carbonyl (C=O) groups excluding carboxylic acids is 1. The van der Waals surface area contributed by atoms with Gasteiger partial charge in [0.25, 0.3) is 0 Å². The van der Waals surface area contributed by atoms with Crippen molar-refractivity contribution in [3.8, 4) is 11.3 Å². The number of morpholine rings is 1. The predicted molar refractivity (Wildman–Crippen MR) is 138 cm³/mol. The van der Waals surface area contributed by atoms with E-state index in [-0.39, 0.29) is 5.97 Å². The summed E-state index contributed by atoms with van der Waals surface area (Å²) < 4.78 is 12.6. The number of benzene rings is 2. The number of imidazole rings is 1. The van der Waals surface area contributed by atoms with Gasteiger partial charge in [0.15, 0.2) is 0 Å². The molecule has 2 aromatic carbocycles. The normalized spacial score (nSPS) is 15.8. The minimum Gasteiger partial charge on any atom is -0.465 e. The average Bonchev–Trinajstić information content (AvgIpc) is 3.67. The SMILES string of the molecule is COC(=O)c1ccc(Nc2cc(-c3ccc4ncn(CC5CC5)c4c3)nc(N3CCOCC3)n2)cc1. The summed E-state index contributed by atoms with van der Waals surface area (Å²) in [6.07, 6.45) is 4.53. The number of nitrogens with zero attached hydrogens (tertiary/aromatic N) is 5. The maximum Gasteiger partial charge on any atom is 0.337 e. The van der Waals surface area contributed by atoms with Crippen molar-refractivity contribution in [2.45, 2.75) is 19.4 Å². The topological polar surface area (TPSA) is 94.4 Å². The predicted octanol–water partition coefficient (Wildman–Crippen LogP) is 4.27. The second kappa shape index (κ2) is 9.58. The molecule has 2 aromatic heterocycles. The molecule has 2 fully saturated rings. The van der Waals surface area contributed by atoms with Gasteiger partial charge in [0.1, 0.15) is 5.82 Å². The summed E-state index contributed by atoms with van der Waals surface area (Å²) in [5, 5.41) is 3.38. The Kier molecular flexibility index (Phi) is 5.98. The van der Waals surface area contributed by atoms with Crippen LogP contribution in [0, 0.1) is 5.92 Å². The smallest absolute Gasteiger partial charge is 0.337 e. The molecule has 1 saturated heterocycles. The number of methoxy groups -OCH3 is 1. The van der Waals surface area contributed by atoms with Crippen molar-refractivity contribution in [3.05, 3.63) is 60.4 Å². The van der Waals surface area contributed by atoms with Gasteiger partial charge in [-0.05, 0) is 55.2 Å². The highest BCUT2D eigenvalue weighted by molar-refractivity contribution is 5.89. The Morgan fingerprint density at radius 3 is 2.64 bits per heavy atom. The van der Waals surface area contributed by atoms with E-state index >= 15 is 0 Å². The number of nitrogens with one attached hydrogen (secondary N) is 1. The summed E-state index contributed by atoms with van der Waals surface area (Å²) in [6.45, 7) is 3.79. The Morgan fingerprint density at radius 1 is 1.08 bits per heavy atom. The summed E-state index contributed by atoms with van der Waals surface area (Å²) >= 11 is 0. The van der Waals surface area contributed by atoms with Crippen molar-refractivity contribution in [3.63, 3.8) is 0 Å². The first-order valence-electron chi connectivity index (χ1n) is 12.3. The molecule has 2 aliphatic rings. The van der Waals surface area contributed by atoms with Crippen molar-refractivity contribution in [2.75, 3.05) is 43.6 Å². The summed E-state index contributed by atoms with van der Waals surface area (Å²) in [4.78, 5) is 28.3. The van der Waals surface area contributed by atoms with Crippen LogP contribution < -0.4 is 10.2 Å². The monoisotopic (exact) mass is 484 g/mol. The summed E-state index contributed by atoms with van der Waals surface area (Å²) in [5.74, 6) is 1.74. The molecule has 0 radical (unpaired) electrons. The zero-order chi connectivity index (χ0) is 24.5. The van der Waals surface area contributed by atoms with Gasteiger partial charge in [0, 0.05) is 37.0 Å². The molecular formula is C27H28N6O3. The molecule has 0 atom stereocenters. The van der Waals surface area contributed by atoms with Gasteiger partial charge in [-0.2, -0.15) is 4.98 Å². The number of aromatic nitrogens is 4. The molecule has 184 valence electrons. The molecule has 9 heteroatoms. The van der Waals surface area contributed by atoms with E-state index in [0.29, 0.717) is 30.5 Å². The molecule has 0 amide bonds. The molecule has 1 aliphatic carbocycles. The minimum absolute atomic E-state index is 0.364. The molecule has 3 heterocycles. The van der Waals surface area contributed by atoms with Crippen LogP contribution in [-0.2, 0) is 16.0 Å². The van der Waals surface area contributed by atoms with E-state index in [9.17, 15) is 4.79 Å². The average molecular weight is 485 g/mol. The highest BCUT2D eigenvalue weighted by atomic mass is 16.5. The Labute approximate surface area is 209 Å². The zero-order valence-corrected chi connectivity index (χ0v) is 20.2. The molecule has 0 bridgehead atoms. The lowest BCUT2D eigenvalue weighted by atomic mass is 10.1. The summed E-state index contributed by atoms with van der Waals surface area (Å²) in [7, 11) is 1.38. The third kappa shape index (κ3) is 4.74. The first-order chi connectivity index (χ1) is 17.7. The summed E-state index contributed by atoms with van der Waals surface area (Å²) in [6, 6.07) is 15.4. The Balaban J connectivity index is 1.35. The van der Waals surface area contributed by atoms with E-state index in [1.165, 1.54) is 20.0 Å². The maximum absolute atomic E-state index is 11.8. The lowest BCUT2D eigenvalue weighted by Crippen LogP contribution is -2.37. The molecule has 1 aliphatic heterocycles. The first-order valence-corrected chi connectivity index (χ1v) is 12.3. The fraction of sp³-hybridized carbons (Fsp3) is 0.333. The summed E-state index contributed by atoms with van der Waals surface area (Å²) in [5.41, 5.74) is 5.28. The maximum atomic E-state index is 11.8. The van der Waals surface area contributed by atoms with Crippen LogP contribution in [0.15, 0.2) is 54.9 Å². The molecule has 9 nitrogen and oxygen atoms in total. The number of hydrogen-bond acceptors (Lipinski definition) is 8. The van der Waals surface area contributed by atoms with Gasteiger partial charge < -0.3 is 24.3 Å². The highest BCUT2D eigenvalue weighted by Gasteiger charge is 2.23. The van der Waals surface area contributed by atoms with E-state index in [2.05, 4.69) is 38.0 Å². The second-order valence-electron chi connectivity index (χ2n) is 9.28. The molecule has 6 rings (SSSR count). The molecule has 1 N–H and O–H groups in total. The fourth-order valence-electron chi connectivity index (χ4n) is 4.45. The standard InChI is InChI=1S/C27H28N6O3/c1-35-26(34)19-4-7-21(8-5-19)29-25-15-23(30-27(31-25)32-10-12-36-13-11-32)20-6-9-22-24(14-20)33(17-28-22)16-18-2-3-18/h4-9,14-15,17-18H,2-3,10-13,16H2,1H3,(H,29,30,31). The molecule has 0 spiro atoms. The van der Waals surface area contributed by atoms with Crippen LogP contribution in [0.3, 0.4) is 0 Å². The van der Waals surface area contributed by atoms with Gasteiger partial charge in [-0.15, -0.1) is 0 Å². The van der Waals surface area contributed by atoms with Gasteiger partial charge in [-0.25, -0.2) is 14.8 Å². The van der Waals surface area contributed by atoms with Gasteiger partial charge >= 0.3 is 5.97 Å². The third-order valence-electron chi connectivity index (χ3n) is 6.66. The van der Waals surface area contributed by atoms with Crippen LogP contribution in [0.4, 0.5) is 17.5 Å². The Bertz CT molecular complexity index is 1390. The van der Waals surface area contributed by atoms with E-state index in [1.807, 2.05) is 24.5 Å². The van der Waals surface area contributed by atoms with Gasteiger partial charge in [-0.3, -0.25) is 0 Å². The number of rotatable bonds is 7. The van der Waals surface area contributed by atoms with Crippen molar-refractivity contribution < 1.29 is 14.3 Å². The molecule has 0 unspecified atom stereocenters. The van der Waals surface area contributed by atoms with Crippen LogP contribution in [0.25, 0.3) is 22.3 Å². The number of hydrogen-bond donors (Lipinski definition) is 1. The van der Waals surface area contributed by atoms with Crippen LogP contribution in [-0.4, -0.2) is 58.9 Å². The quantitative estimate of drug-likeness (QED) is 0.389. The largest absolute Gasteiger partial charge is 0.465 e. The molecule has 4 aromatic rings. The number of fused-ring (bicyclic) bond motifs is 1.